The van der Waals surface area contributed by atoms with Gasteiger partial charge in [-0.15, -0.1) is 0 Å². The summed E-state index contributed by atoms with van der Waals surface area (Å²) in [4.78, 5) is 10.9. The Labute approximate surface area is 83.5 Å². The zero-order valence-electron chi connectivity index (χ0n) is 8.36. The van der Waals surface area contributed by atoms with Crippen LogP contribution in [0.1, 0.15) is 18.4 Å². The lowest BCUT2D eigenvalue weighted by Crippen LogP contribution is -2.17. The van der Waals surface area contributed by atoms with Crippen molar-refractivity contribution in [3.63, 3.8) is 0 Å². The topological polar surface area (TPSA) is 54.3 Å². The third kappa shape index (κ3) is 3.22. The van der Waals surface area contributed by atoms with E-state index in [2.05, 4.69) is 5.32 Å². The summed E-state index contributed by atoms with van der Waals surface area (Å²) in [5.74, 6) is 0.0690. The van der Waals surface area contributed by atoms with Gasteiger partial charge in [-0.2, -0.15) is 0 Å². The molecule has 78 valence electrons. The molecule has 0 saturated carbocycles. The van der Waals surface area contributed by atoms with Crippen LogP contribution in [0, 0.1) is 0 Å². The first-order valence-electron chi connectivity index (χ1n) is 4.72. The molecule has 1 amide bonds. The van der Waals surface area contributed by atoms with Gasteiger partial charge in [0.1, 0.15) is 0 Å². The normalized spacial score (nSPS) is 10.1. The average Bonchev–Trinajstić information content (AvgIpc) is 2.65. The molecule has 0 radical (unpaired) electrons. The van der Waals surface area contributed by atoms with Gasteiger partial charge in [0.2, 0.25) is 5.91 Å². The van der Waals surface area contributed by atoms with Crippen molar-refractivity contribution in [1.82, 2.24) is 9.88 Å². The van der Waals surface area contributed by atoms with Gasteiger partial charge >= 0.3 is 0 Å². The Kier molecular flexibility index (Phi) is 4.19. The van der Waals surface area contributed by atoms with E-state index in [-0.39, 0.29) is 12.5 Å². The molecule has 0 aromatic carbocycles. The zero-order chi connectivity index (χ0) is 10.4. The monoisotopic (exact) mass is 196 g/mol. The summed E-state index contributed by atoms with van der Waals surface area (Å²) in [5.41, 5.74) is 0.907. The third-order valence-corrected chi connectivity index (χ3v) is 2.09. The highest BCUT2D eigenvalue weighted by molar-refractivity contribution is 5.75. The fourth-order valence-corrected chi connectivity index (χ4v) is 1.27. The minimum atomic E-state index is 0.0690. The Balaban J connectivity index is 2.27. The molecule has 2 N–H and O–H groups in total. The number of carbonyl (C=O) groups is 1. The van der Waals surface area contributed by atoms with Crippen LogP contribution in [0.25, 0.3) is 0 Å². The standard InChI is InChI=1S/C10H16N2O2/c1-11-10(14)3-2-5-12-6-4-9(7-12)8-13/h4,6-7,13H,2-3,5,8H2,1H3,(H,11,14). The van der Waals surface area contributed by atoms with E-state index in [0.717, 1.165) is 18.5 Å². The predicted molar refractivity (Wildman–Crippen MR) is 53.7 cm³/mol. The van der Waals surface area contributed by atoms with E-state index in [1.165, 1.54) is 0 Å². The summed E-state index contributed by atoms with van der Waals surface area (Å²) in [6, 6.07) is 1.87. The molecule has 0 bridgehead atoms. The molecule has 4 heteroatoms. The quantitative estimate of drug-likeness (QED) is 0.720. The van der Waals surface area contributed by atoms with Gasteiger partial charge in [0.15, 0.2) is 0 Å². The number of rotatable bonds is 5. The maximum absolute atomic E-state index is 10.9. The SMILES string of the molecule is CNC(=O)CCCn1ccc(CO)c1. The lowest BCUT2D eigenvalue weighted by molar-refractivity contribution is -0.120. The summed E-state index contributed by atoms with van der Waals surface area (Å²) >= 11 is 0. The molecule has 4 nitrogen and oxygen atoms in total. The number of hydrogen-bond acceptors (Lipinski definition) is 2. The molecule has 0 spiro atoms. The van der Waals surface area contributed by atoms with E-state index in [1.54, 1.807) is 7.05 Å². The number of aryl methyl sites for hydroxylation is 1. The van der Waals surface area contributed by atoms with Gasteiger partial charge < -0.3 is 15.0 Å². The minimum absolute atomic E-state index is 0.0690. The second-order valence-corrected chi connectivity index (χ2v) is 3.19. The Bertz CT molecular complexity index is 294. The number of amides is 1. The maximum Gasteiger partial charge on any atom is 0.219 e. The molecular weight excluding hydrogens is 180 g/mol. The molecule has 1 rings (SSSR count). The van der Waals surface area contributed by atoms with E-state index in [4.69, 9.17) is 5.11 Å². The van der Waals surface area contributed by atoms with Gasteiger partial charge in [-0.3, -0.25) is 4.79 Å². The number of nitrogens with one attached hydrogen (secondary N) is 1. The van der Waals surface area contributed by atoms with Crippen LogP contribution >= 0.6 is 0 Å². The van der Waals surface area contributed by atoms with Crippen LogP contribution in [0.4, 0.5) is 0 Å². The number of aliphatic hydroxyl groups excluding tert-OH is 1. The summed E-state index contributed by atoms with van der Waals surface area (Å²) in [7, 11) is 1.64. The van der Waals surface area contributed by atoms with Crippen LogP contribution < -0.4 is 5.32 Å². The third-order valence-electron chi connectivity index (χ3n) is 2.09. The van der Waals surface area contributed by atoms with Crippen LogP contribution in [0.3, 0.4) is 0 Å². The fourth-order valence-electron chi connectivity index (χ4n) is 1.27. The summed E-state index contributed by atoms with van der Waals surface area (Å²) in [6.07, 6.45) is 5.17. The van der Waals surface area contributed by atoms with Crippen molar-refractivity contribution in [3.8, 4) is 0 Å². The average molecular weight is 196 g/mol. The van der Waals surface area contributed by atoms with Gasteiger partial charge in [-0.25, -0.2) is 0 Å². The zero-order valence-corrected chi connectivity index (χ0v) is 8.36. The molecule has 0 aliphatic carbocycles. The Morgan fingerprint density at radius 1 is 1.64 bits per heavy atom. The van der Waals surface area contributed by atoms with Crippen molar-refractivity contribution in [1.29, 1.82) is 0 Å². The first-order chi connectivity index (χ1) is 6.76. The number of carbonyl (C=O) groups excluding carboxylic acids is 1. The van der Waals surface area contributed by atoms with Gasteiger partial charge in [0.25, 0.3) is 0 Å². The second-order valence-electron chi connectivity index (χ2n) is 3.19. The van der Waals surface area contributed by atoms with Crippen molar-refractivity contribution < 1.29 is 9.90 Å². The molecule has 0 fully saturated rings. The van der Waals surface area contributed by atoms with Gasteiger partial charge in [0.05, 0.1) is 6.61 Å². The molecule has 0 aliphatic rings. The highest BCUT2D eigenvalue weighted by Gasteiger charge is 1.98. The van der Waals surface area contributed by atoms with E-state index >= 15 is 0 Å². The first kappa shape index (κ1) is 10.8. The van der Waals surface area contributed by atoms with Gasteiger partial charge in [-0.1, -0.05) is 0 Å². The molecule has 0 aliphatic heterocycles. The van der Waals surface area contributed by atoms with Gasteiger partial charge in [-0.05, 0) is 18.1 Å². The number of nitrogens with zero attached hydrogens (tertiary/aromatic N) is 1. The molecule has 0 saturated heterocycles. The molecule has 1 aromatic heterocycles. The highest BCUT2D eigenvalue weighted by atomic mass is 16.3. The Morgan fingerprint density at radius 2 is 2.43 bits per heavy atom. The van der Waals surface area contributed by atoms with E-state index in [0.29, 0.717) is 6.42 Å². The highest BCUT2D eigenvalue weighted by Crippen LogP contribution is 2.02. The van der Waals surface area contributed by atoms with Crippen molar-refractivity contribution in [2.24, 2.45) is 0 Å². The molecule has 1 heterocycles. The van der Waals surface area contributed by atoms with Crippen molar-refractivity contribution in [2.45, 2.75) is 26.0 Å². The number of aromatic nitrogens is 1. The van der Waals surface area contributed by atoms with Crippen LogP contribution in [0.15, 0.2) is 18.5 Å². The lowest BCUT2D eigenvalue weighted by Gasteiger charge is -2.01. The smallest absolute Gasteiger partial charge is 0.219 e. The van der Waals surface area contributed by atoms with Crippen LogP contribution in [0.5, 0.6) is 0 Å². The Morgan fingerprint density at radius 3 is 3.00 bits per heavy atom. The minimum Gasteiger partial charge on any atom is -0.392 e. The van der Waals surface area contributed by atoms with E-state index in [1.807, 2.05) is 23.0 Å². The summed E-state index contributed by atoms with van der Waals surface area (Å²) in [5, 5.41) is 11.4. The van der Waals surface area contributed by atoms with Crippen molar-refractivity contribution in [2.75, 3.05) is 7.05 Å². The molecule has 14 heavy (non-hydrogen) atoms. The maximum atomic E-state index is 10.9. The second kappa shape index (κ2) is 5.44. The number of aliphatic hydroxyl groups is 1. The van der Waals surface area contributed by atoms with Crippen molar-refractivity contribution >= 4 is 5.91 Å². The Hall–Kier alpha value is -1.29. The summed E-state index contributed by atoms with van der Waals surface area (Å²) in [6.45, 7) is 0.885. The summed E-state index contributed by atoms with van der Waals surface area (Å²) < 4.78 is 1.98. The molecular formula is C10H16N2O2. The molecule has 1 aromatic rings. The van der Waals surface area contributed by atoms with Crippen LogP contribution in [0.2, 0.25) is 0 Å². The molecule has 0 atom stereocenters. The van der Waals surface area contributed by atoms with E-state index < -0.39 is 0 Å². The lowest BCUT2D eigenvalue weighted by atomic mass is 10.3. The van der Waals surface area contributed by atoms with Crippen molar-refractivity contribution in [3.05, 3.63) is 24.0 Å². The van der Waals surface area contributed by atoms with Gasteiger partial charge in [0, 0.05) is 32.4 Å². The fraction of sp³-hybridized carbons (Fsp3) is 0.500. The van der Waals surface area contributed by atoms with E-state index in [9.17, 15) is 4.79 Å². The first-order valence-corrected chi connectivity index (χ1v) is 4.72. The van der Waals surface area contributed by atoms with Crippen LogP contribution in [-0.2, 0) is 17.9 Å². The molecule has 0 unspecified atom stereocenters. The predicted octanol–water partition coefficient (Wildman–Crippen LogP) is 0.507. The van der Waals surface area contributed by atoms with Crippen LogP contribution in [-0.4, -0.2) is 22.6 Å². The largest absolute Gasteiger partial charge is 0.392 e. The number of hydrogen-bond donors (Lipinski definition) is 2.